The Morgan fingerprint density at radius 2 is 1.88 bits per heavy atom. The van der Waals surface area contributed by atoms with Crippen LogP contribution in [0.1, 0.15) is 39.2 Å². The van der Waals surface area contributed by atoms with Gasteiger partial charge >= 0.3 is 6.18 Å². The third-order valence-electron chi connectivity index (χ3n) is 7.07. The first-order valence-corrected chi connectivity index (χ1v) is 14.3. The molecule has 5 nitrogen and oxygen atoms in total. The molecule has 2 aliphatic rings. The number of alkyl halides is 3. The molecule has 6 atom stereocenters. The van der Waals surface area contributed by atoms with E-state index in [-0.39, 0.29) is 35.3 Å². The molecule has 1 saturated carbocycles. The quantitative estimate of drug-likeness (QED) is 0.411. The molecule has 1 aliphatic carbocycles. The molecule has 33 heavy (non-hydrogen) atoms. The lowest BCUT2D eigenvalue weighted by Gasteiger charge is -2.38. The van der Waals surface area contributed by atoms with Gasteiger partial charge in [-0.1, -0.05) is 39.0 Å². The van der Waals surface area contributed by atoms with Crippen LogP contribution in [0, 0.1) is 11.8 Å². The number of hydrogen-bond donors (Lipinski definition) is 2. The SMILES string of the molecule is CC(C)(C)[Si](C)(C)O[C@H](C=C[C@@H]1[C@H]2CC(O)O[C@H]2C[C@H]1O)COc1cccc(C(F)(F)F)c1. The molecule has 3 rings (SSSR count). The largest absolute Gasteiger partial charge is 0.491 e. The summed E-state index contributed by atoms with van der Waals surface area (Å²) >= 11 is 0. The van der Waals surface area contributed by atoms with E-state index in [1.54, 1.807) is 0 Å². The van der Waals surface area contributed by atoms with Crippen molar-refractivity contribution in [2.45, 2.75) is 82.5 Å². The molecule has 0 spiro atoms. The normalized spacial score (nSPS) is 29.5. The molecule has 0 bridgehead atoms. The minimum Gasteiger partial charge on any atom is -0.491 e. The zero-order valence-corrected chi connectivity index (χ0v) is 20.8. The zero-order chi connectivity index (χ0) is 24.6. The molecule has 2 fully saturated rings. The van der Waals surface area contributed by atoms with Gasteiger partial charge in [0.1, 0.15) is 12.4 Å². The lowest BCUT2D eigenvalue weighted by molar-refractivity contribution is -0.137. The Hall–Kier alpha value is -1.39. The highest BCUT2D eigenvalue weighted by Gasteiger charge is 2.48. The third-order valence-corrected chi connectivity index (χ3v) is 11.6. The summed E-state index contributed by atoms with van der Waals surface area (Å²) in [5.74, 6) is -0.0503. The van der Waals surface area contributed by atoms with Crippen LogP contribution in [0.5, 0.6) is 5.75 Å². The number of hydrogen-bond acceptors (Lipinski definition) is 5. The Bertz CT molecular complexity index is 836. The number of fused-ring (bicyclic) bond motifs is 1. The zero-order valence-electron chi connectivity index (χ0n) is 19.8. The van der Waals surface area contributed by atoms with Crippen LogP contribution in [0.25, 0.3) is 0 Å². The molecule has 1 heterocycles. The van der Waals surface area contributed by atoms with Gasteiger partial charge in [-0.05, 0) is 42.2 Å². The van der Waals surface area contributed by atoms with Gasteiger partial charge in [0.2, 0.25) is 0 Å². The standard InChI is InChI=1S/C24H35F3O5Si/c1-23(2,3)33(4,5)32-17(14-30-16-8-6-7-15(11-16)24(25,26)27)9-10-18-19-12-22(29)31-21(19)13-20(18)28/h6-11,17-22,28-29H,12-14H2,1-5H3/t17-,18-,19-,20-,21+,22?/m1/s1. The first kappa shape index (κ1) is 26.2. The fourth-order valence-corrected chi connectivity index (χ4v) is 5.46. The van der Waals surface area contributed by atoms with Gasteiger partial charge in [-0.15, -0.1) is 0 Å². The third kappa shape index (κ3) is 6.39. The highest BCUT2D eigenvalue weighted by Crippen LogP contribution is 2.44. The van der Waals surface area contributed by atoms with E-state index >= 15 is 0 Å². The lowest BCUT2D eigenvalue weighted by Crippen LogP contribution is -2.45. The molecule has 9 heteroatoms. The van der Waals surface area contributed by atoms with Crippen molar-refractivity contribution < 1.29 is 37.3 Å². The van der Waals surface area contributed by atoms with Gasteiger partial charge in [0, 0.05) is 18.8 Å². The molecule has 1 unspecified atom stereocenters. The second kappa shape index (κ2) is 9.69. The van der Waals surface area contributed by atoms with Gasteiger partial charge in [0.15, 0.2) is 14.6 Å². The Kier molecular flexibility index (Phi) is 7.70. The summed E-state index contributed by atoms with van der Waals surface area (Å²) in [5.41, 5.74) is -0.766. The maximum atomic E-state index is 13.0. The summed E-state index contributed by atoms with van der Waals surface area (Å²) in [6, 6.07) is 4.80. The van der Waals surface area contributed by atoms with Crippen molar-refractivity contribution in [1.82, 2.24) is 0 Å². The first-order chi connectivity index (χ1) is 15.2. The number of aliphatic hydroxyl groups is 2. The summed E-state index contributed by atoms with van der Waals surface area (Å²) in [6.07, 6.45) is -1.85. The molecule has 1 saturated heterocycles. The van der Waals surface area contributed by atoms with E-state index in [0.29, 0.717) is 12.8 Å². The average Bonchev–Trinajstić information content (AvgIpc) is 3.17. The maximum absolute atomic E-state index is 13.0. The van der Waals surface area contributed by atoms with Gasteiger partial charge < -0.3 is 24.1 Å². The number of rotatable bonds is 7. The predicted molar refractivity (Wildman–Crippen MR) is 121 cm³/mol. The van der Waals surface area contributed by atoms with Crippen molar-refractivity contribution in [1.29, 1.82) is 0 Å². The number of ether oxygens (including phenoxy) is 2. The smallest absolute Gasteiger partial charge is 0.416 e. The van der Waals surface area contributed by atoms with Crippen molar-refractivity contribution in [3.8, 4) is 5.75 Å². The second-order valence-corrected chi connectivity index (χ2v) is 15.3. The number of aliphatic hydroxyl groups excluding tert-OH is 2. The minimum atomic E-state index is -4.45. The number of benzene rings is 1. The highest BCUT2D eigenvalue weighted by atomic mass is 28.4. The number of halogens is 3. The van der Waals surface area contributed by atoms with Crippen LogP contribution < -0.4 is 4.74 Å². The molecule has 1 aliphatic heterocycles. The molecule has 186 valence electrons. The first-order valence-electron chi connectivity index (χ1n) is 11.3. The van der Waals surface area contributed by atoms with Gasteiger partial charge in [-0.2, -0.15) is 13.2 Å². The van der Waals surface area contributed by atoms with Crippen molar-refractivity contribution in [2.75, 3.05) is 6.61 Å². The summed E-state index contributed by atoms with van der Waals surface area (Å²) in [6.45, 7) is 10.6. The molecule has 0 aromatic heterocycles. The van der Waals surface area contributed by atoms with Gasteiger partial charge in [-0.3, -0.25) is 0 Å². The molecule has 2 N–H and O–H groups in total. The van der Waals surface area contributed by atoms with Gasteiger partial charge in [0.25, 0.3) is 0 Å². The summed E-state index contributed by atoms with van der Waals surface area (Å²) in [4.78, 5) is 0. The summed E-state index contributed by atoms with van der Waals surface area (Å²) < 4.78 is 56.8. The van der Waals surface area contributed by atoms with Gasteiger partial charge in [0.05, 0.1) is 23.9 Å². The Balaban J connectivity index is 1.76. The second-order valence-electron chi connectivity index (χ2n) is 10.5. The van der Waals surface area contributed by atoms with Crippen LogP contribution in [0.3, 0.4) is 0 Å². The summed E-state index contributed by atoms with van der Waals surface area (Å²) in [5, 5.41) is 20.2. The van der Waals surface area contributed by atoms with Gasteiger partial charge in [-0.25, -0.2) is 0 Å². The average molecular weight is 489 g/mol. The van der Waals surface area contributed by atoms with Crippen LogP contribution in [0.15, 0.2) is 36.4 Å². The lowest BCUT2D eigenvalue weighted by atomic mass is 9.91. The van der Waals surface area contributed by atoms with E-state index in [4.69, 9.17) is 13.9 Å². The molecule has 0 radical (unpaired) electrons. The van der Waals surface area contributed by atoms with Crippen LogP contribution in [0.2, 0.25) is 18.1 Å². The van der Waals surface area contributed by atoms with E-state index in [9.17, 15) is 23.4 Å². The molecule has 1 aromatic carbocycles. The van der Waals surface area contributed by atoms with E-state index in [1.165, 1.54) is 12.1 Å². The minimum absolute atomic E-state index is 0.0177. The van der Waals surface area contributed by atoms with Crippen molar-refractivity contribution >= 4 is 8.32 Å². The Morgan fingerprint density at radius 3 is 2.52 bits per heavy atom. The van der Waals surface area contributed by atoms with Crippen LogP contribution in [0.4, 0.5) is 13.2 Å². The van der Waals surface area contributed by atoms with Crippen LogP contribution in [-0.4, -0.2) is 49.7 Å². The maximum Gasteiger partial charge on any atom is 0.416 e. The molecule has 0 amide bonds. The fraction of sp³-hybridized carbons (Fsp3) is 0.667. The topological polar surface area (TPSA) is 68.2 Å². The van der Waals surface area contributed by atoms with E-state index in [0.717, 1.165) is 12.1 Å². The molecule has 1 aromatic rings. The highest BCUT2D eigenvalue weighted by molar-refractivity contribution is 6.74. The Morgan fingerprint density at radius 1 is 1.18 bits per heavy atom. The molecular weight excluding hydrogens is 453 g/mol. The van der Waals surface area contributed by atoms with E-state index in [2.05, 4.69) is 33.9 Å². The predicted octanol–water partition coefficient (Wildman–Crippen LogP) is 5.14. The van der Waals surface area contributed by atoms with Crippen LogP contribution >= 0.6 is 0 Å². The van der Waals surface area contributed by atoms with Crippen molar-refractivity contribution in [2.24, 2.45) is 11.8 Å². The monoisotopic (exact) mass is 488 g/mol. The van der Waals surface area contributed by atoms with E-state index < -0.39 is 38.6 Å². The summed E-state index contributed by atoms with van der Waals surface area (Å²) in [7, 11) is -2.22. The van der Waals surface area contributed by atoms with Crippen molar-refractivity contribution in [3.63, 3.8) is 0 Å². The fourth-order valence-electron chi connectivity index (χ4n) is 4.21. The Labute approximate surface area is 194 Å². The van der Waals surface area contributed by atoms with Crippen molar-refractivity contribution in [3.05, 3.63) is 42.0 Å². The van der Waals surface area contributed by atoms with E-state index in [1.807, 2.05) is 12.2 Å². The van der Waals surface area contributed by atoms with Crippen LogP contribution in [-0.2, 0) is 15.3 Å². The molecular formula is C24H35F3O5Si.